The van der Waals surface area contributed by atoms with Gasteiger partial charge in [-0.15, -0.1) is 10.2 Å². The number of hydrogen-bond acceptors (Lipinski definition) is 5. The molecule has 2 N–H and O–H groups in total. The van der Waals surface area contributed by atoms with Crippen LogP contribution in [0.5, 0.6) is 0 Å². The number of fused-ring (bicyclic) bond motifs is 2. The number of nitrogens with one attached hydrogen (secondary N) is 1. The Morgan fingerprint density at radius 1 is 1.23 bits per heavy atom. The van der Waals surface area contributed by atoms with Gasteiger partial charge in [-0.05, 0) is 49.5 Å². The lowest BCUT2D eigenvalue weighted by atomic mass is 10.0. The van der Waals surface area contributed by atoms with Crippen molar-refractivity contribution in [2.45, 2.75) is 57.6 Å². The summed E-state index contributed by atoms with van der Waals surface area (Å²) in [6, 6.07) is 2.57. The minimum Gasteiger partial charge on any atom is -0.393 e. The van der Waals surface area contributed by atoms with E-state index in [1.54, 1.807) is 10.8 Å². The first-order chi connectivity index (χ1) is 10.6. The third-order valence-electron chi connectivity index (χ3n) is 5.23. The highest BCUT2D eigenvalue weighted by molar-refractivity contribution is 5.67. The van der Waals surface area contributed by atoms with E-state index in [0.29, 0.717) is 23.8 Å². The summed E-state index contributed by atoms with van der Waals surface area (Å²) in [5, 5.41) is 26.2. The zero-order chi connectivity index (χ0) is 15.3. The molecule has 0 spiro atoms. The number of hydrogen-bond donors (Lipinski definition) is 2. The van der Waals surface area contributed by atoms with E-state index in [0.717, 1.165) is 42.7 Å². The largest absolute Gasteiger partial charge is 0.393 e. The van der Waals surface area contributed by atoms with E-state index in [4.69, 9.17) is 0 Å². The first kappa shape index (κ1) is 13.9. The summed E-state index contributed by atoms with van der Waals surface area (Å²) in [6.07, 6.45) is 5.80. The summed E-state index contributed by atoms with van der Waals surface area (Å²) >= 11 is 0. The fourth-order valence-corrected chi connectivity index (χ4v) is 4.16. The maximum Gasteiger partial charge on any atom is 0.200 e. The van der Waals surface area contributed by atoms with Gasteiger partial charge in [-0.3, -0.25) is 0 Å². The molecule has 4 rings (SSSR count). The van der Waals surface area contributed by atoms with Gasteiger partial charge in [-0.1, -0.05) is 13.8 Å². The molecule has 4 atom stereocenters. The molecule has 118 valence electrons. The van der Waals surface area contributed by atoms with E-state index in [2.05, 4.69) is 40.5 Å². The van der Waals surface area contributed by atoms with E-state index in [1.807, 2.05) is 0 Å². The number of aliphatic hydroxyl groups is 1. The van der Waals surface area contributed by atoms with Gasteiger partial charge in [0, 0.05) is 6.04 Å². The number of rotatable bonds is 3. The second-order valence-corrected chi connectivity index (χ2v) is 7.19. The topological polar surface area (TPSA) is 75.3 Å². The van der Waals surface area contributed by atoms with Crippen LogP contribution in [0.15, 0.2) is 12.4 Å². The van der Waals surface area contributed by atoms with Gasteiger partial charge >= 0.3 is 0 Å². The molecule has 2 aromatic rings. The van der Waals surface area contributed by atoms with Gasteiger partial charge in [-0.2, -0.15) is 9.61 Å². The van der Waals surface area contributed by atoms with Gasteiger partial charge < -0.3 is 10.4 Å². The Kier molecular flexibility index (Phi) is 3.29. The van der Waals surface area contributed by atoms with E-state index in [1.165, 1.54) is 0 Å². The van der Waals surface area contributed by atoms with Crippen LogP contribution in [0.25, 0.3) is 5.65 Å². The van der Waals surface area contributed by atoms with Crippen LogP contribution in [-0.4, -0.2) is 37.1 Å². The number of aromatic nitrogens is 4. The Bertz CT molecular complexity index is 668. The van der Waals surface area contributed by atoms with Gasteiger partial charge in [0.15, 0.2) is 0 Å². The number of nitrogens with zero attached hydrogens (tertiary/aromatic N) is 4. The molecule has 6 heteroatoms. The average Bonchev–Trinajstić information content (AvgIpc) is 3.12. The Balaban J connectivity index is 1.58. The van der Waals surface area contributed by atoms with Crippen molar-refractivity contribution in [2.75, 3.05) is 5.32 Å². The number of aliphatic hydroxyl groups excluding tert-OH is 1. The fraction of sp³-hybridized carbons (Fsp3) is 0.688. The van der Waals surface area contributed by atoms with Crippen LogP contribution in [0, 0.1) is 11.8 Å². The lowest BCUT2D eigenvalue weighted by Gasteiger charge is -2.17. The van der Waals surface area contributed by atoms with Gasteiger partial charge in [0.05, 0.1) is 17.5 Å². The summed E-state index contributed by atoms with van der Waals surface area (Å²) in [7, 11) is 0. The molecule has 0 saturated heterocycles. The monoisotopic (exact) mass is 301 g/mol. The standard InChI is InChI=1S/C16H23N5O/c1-9(2)14-7-15(16-19-17-8-21(16)20-14)18-12-3-10-5-13(22)6-11(10)4-12/h7-13,18,22H,3-6H2,1-2H3/t10-,11+,12?,13?. The average molecular weight is 301 g/mol. The van der Waals surface area contributed by atoms with Crippen molar-refractivity contribution in [3.63, 3.8) is 0 Å². The summed E-state index contributed by atoms with van der Waals surface area (Å²) in [5.41, 5.74) is 2.87. The first-order valence-corrected chi connectivity index (χ1v) is 8.25. The molecule has 0 radical (unpaired) electrons. The molecule has 2 fully saturated rings. The Morgan fingerprint density at radius 2 is 1.95 bits per heavy atom. The first-order valence-electron chi connectivity index (χ1n) is 8.25. The molecule has 0 aromatic carbocycles. The number of anilines is 1. The fourth-order valence-electron chi connectivity index (χ4n) is 4.16. The van der Waals surface area contributed by atoms with Crippen LogP contribution in [-0.2, 0) is 0 Å². The van der Waals surface area contributed by atoms with Crippen molar-refractivity contribution in [3.8, 4) is 0 Å². The highest BCUT2D eigenvalue weighted by Gasteiger charge is 2.41. The van der Waals surface area contributed by atoms with E-state index in [9.17, 15) is 5.11 Å². The smallest absolute Gasteiger partial charge is 0.200 e. The molecule has 0 aliphatic heterocycles. The molecular weight excluding hydrogens is 278 g/mol. The van der Waals surface area contributed by atoms with Gasteiger partial charge in [0.2, 0.25) is 5.65 Å². The SMILES string of the molecule is CC(C)c1cc(NC2C[C@H]3CC(O)C[C@H]3C2)c2nncn2n1. The van der Waals surface area contributed by atoms with Crippen LogP contribution in [0.1, 0.15) is 51.1 Å². The van der Waals surface area contributed by atoms with Crippen molar-refractivity contribution in [2.24, 2.45) is 11.8 Å². The van der Waals surface area contributed by atoms with E-state index in [-0.39, 0.29) is 6.10 Å². The van der Waals surface area contributed by atoms with E-state index < -0.39 is 0 Å². The van der Waals surface area contributed by atoms with Crippen molar-refractivity contribution in [1.82, 2.24) is 19.8 Å². The summed E-state index contributed by atoms with van der Waals surface area (Å²) in [4.78, 5) is 0. The molecule has 0 amide bonds. The highest BCUT2D eigenvalue weighted by atomic mass is 16.3. The molecule has 6 nitrogen and oxygen atoms in total. The zero-order valence-corrected chi connectivity index (χ0v) is 13.1. The van der Waals surface area contributed by atoms with Crippen LogP contribution >= 0.6 is 0 Å². The quantitative estimate of drug-likeness (QED) is 0.909. The van der Waals surface area contributed by atoms with Crippen molar-refractivity contribution in [1.29, 1.82) is 0 Å². The maximum atomic E-state index is 9.77. The minimum atomic E-state index is -0.0763. The van der Waals surface area contributed by atoms with Crippen LogP contribution in [0.2, 0.25) is 0 Å². The summed E-state index contributed by atoms with van der Waals surface area (Å²) in [5.74, 6) is 1.71. The van der Waals surface area contributed by atoms with Crippen LogP contribution in [0.4, 0.5) is 5.69 Å². The highest BCUT2D eigenvalue weighted by Crippen LogP contribution is 2.45. The van der Waals surface area contributed by atoms with E-state index >= 15 is 0 Å². The van der Waals surface area contributed by atoms with Gasteiger partial charge in [0.25, 0.3) is 0 Å². The lowest BCUT2D eigenvalue weighted by molar-refractivity contribution is 0.171. The Morgan fingerprint density at radius 3 is 2.64 bits per heavy atom. The zero-order valence-electron chi connectivity index (χ0n) is 13.1. The Hall–Kier alpha value is -1.69. The molecule has 2 unspecified atom stereocenters. The molecule has 2 aromatic heterocycles. The maximum absolute atomic E-state index is 9.77. The normalized spacial score (nSPS) is 31.1. The summed E-state index contributed by atoms with van der Waals surface area (Å²) in [6.45, 7) is 4.29. The molecule has 2 aliphatic rings. The molecule has 2 saturated carbocycles. The Labute approximate surface area is 129 Å². The molecular formula is C16H23N5O. The van der Waals surface area contributed by atoms with Gasteiger partial charge in [0.1, 0.15) is 6.33 Å². The third kappa shape index (κ3) is 2.35. The van der Waals surface area contributed by atoms with Crippen molar-refractivity contribution < 1.29 is 5.11 Å². The van der Waals surface area contributed by atoms with Crippen LogP contribution < -0.4 is 5.32 Å². The van der Waals surface area contributed by atoms with Crippen molar-refractivity contribution >= 4 is 11.3 Å². The van der Waals surface area contributed by atoms with Gasteiger partial charge in [-0.25, -0.2) is 0 Å². The van der Waals surface area contributed by atoms with Crippen LogP contribution in [0.3, 0.4) is 0 Å². The third-order valence-corrected chi connectivity index (χ3v) is 5.23. The van der Waals surface area contributed by atoms with Crippen molar-refractivity contribution in [3.05, 3.63) is 18.1 Å². The minimum absolute atomic E-state index is 0.0763. The predicted molar refractivity (Wildman–Crippen MR) is 83.7 cm³/mol. The lowest BCUT2D eigenvalue weighted by Crippen LogP contribution is -2.19. The summed E-state index contributed by atoms with van der Waals surface area (Å²) < 4.78 is 1.76. The molecule has 0 bridgehead atoms. The molecule has 2 heterocycles. The molecule has 2 aliphatic carbocycles. The predicted octanol–water partition coefficient (Wildman–Crippen LogP) is 2.21. The molecule has 22 heavy (non-hydrogen) atoms. The second-order valence-electron chi connectivity index (χ2n) is 7.19. The second kappa shape index (κ2) is 5.19.